The predicted octanol–water partition coefficient (Wildman–Crippen LogP) is 1.19. The highest BCUT2D eigenvalue weighted by molar-refractivity contribution is 5.73. The smallest absolute Gasteiger partial charge is 0.322 e. The molecule has 1 atom stereocenters. The van der Waals surface area contributed by atoms with E-state index >= 15 is 0 Å². The molecule has 1 aromatic rings. The molecule has 16 heavy (non-hydrogen) atoms. The molecule has 4 nitrogen and oxygen atoms in total. The summed E-state index contributed by atoms with van der Waals surface area (Å²) in [6.45, 7) is 2.79. The van der Waals surface area contributed by atoms with Gasteiger partial charge in [0.1, 0.15) is 6.04 Å². The van der Waals surface area contributed by atoms with Gasteiger partial charge in [-0.1, -0.05) is 37.3 Å². The van der Waals surface area contributed by atoms with E-state index in [9.17, 15) is 4.79 Å². The van der Waals surface area contributed by atoms with Crippen molar-refractivity contribution in [2.24, 2.45) is 0 Å². The summed E-state index contributed by atoms with van der Waals surface area (Å²) >= 11 is 0. The Morgan fingerprint density at radius 3 is 2.62 bits per heavy atom. The van der Waals surface area contributed by atoms with Gasteiger partial charge < -0.3 is 5.11 Å². The molecule has 0 saturated carbocycles. The molecule has 0 radical (unpaired) electrons. The van der Waals surface area contributed by atoms with Crippen LogP contribution in [0.2, 0.25) is 0 Å². The van der Waals surface area contributed by atoms with Crippen molar-refractivity contribution in [2.75, 3.05) is 6.54 Å². The molecule has 1 rings (SSSR count). The lowest BCUT2D eigenvalue weighted by molar-refractivity contribution is -0.139. The SMILES string of the molecule is CCCNNC(Cc1ccccc1)C(=O)O. The highest BCUT2D eigenvalue weighted by Crippen LogP contribution is 2.02. The molecule has 0 aliphatic rings. The Balaban J connectivity index is 2.48. The second kappa shape index (κ2) is 6.98. The lowest BCUT2D eigenvalue weighted by Crippen LogP contribution is -2.47. The van der Waals surface area contributed by atoms with E-state index in [0.29, 0.717) is 6.42 Å². The zero-order chi connectivity index (χ0) is 11.8. The molecule has 1 unspecified atom stereocenters. The maximum absolute atomic E-state index is 11.0. The van der Waals surface area contributed by atoms with E-state index in [1.54, 1.807) is 0 Å². The topological polar surface area (TPSA) is 61.4 Å². The van der Waals surface area contributed by atoms with Gasteiger partial charge in [0.05, 0.1) is 0 Å². The first-order valence-corrected chi connectivity index (χ1v) is 5.49. The van der Waals surface area contributed by atoms with E-state index in [-0.39, 0.29) is 0 Å². The average molecular weight is 222 g/mol. The molecule has 4 heteroatoms. The van der Waals surface area contributed by atoms with E-state index in [1.165, 1.54) is 0 Å². The van der Waals surface area contributed by atoms with Crippen LogP contribution in [0.5, 0.6) is 0 Å². The molecule has 1 aromatic carbocycles. The monoisotopic (exact) mass is 222 g/mol. The van der Waals surface area contributed by atoms with Crippen molar-refractivity contribution in [3.63, 3.8) is 0 Å². The molecule has 0 spiro atoms. The number of benzene rings is 1. The number of carboxylic acids is 1. The molecule has 0 aliphatic carbocycles. The summed E-state index contributed by atoms with van der Waals surface area (Å²) in [4.78, 5) is 11.0. The van der Waals surface area contributed by atoms with Crippen LogP contribution in [0, 0.1) is 0 Å². The molecule has 0 aromatic heterocycles. The zero-order valence-electron chi connectivity index (χ0n) is 9.44. The summed E-state index contributed by atoms with van der Waals surface area (Å²) in [5.74, 6) is -0.840. The standard InChI is InChI=1S/C12H18N2O2/c1-2-8-13-14-11(12(15)16)9-10-6-4-3-5-7-10/h3-7,11,13-14H,2,8-9H2,1H3,(H,15,16). The van der Waals surface area contributed by atoms with Crippen LogP contribution < -0.4 is 10.9 Å². The van der Waals surface area contributed by atoms with Crippen LogP contribution in [0.4, 0.5) is 0 Å². The van der Waals surface area contributed by atoms with Crippen molar-refractivity contribution in [3.8, 4) is 0 Å². The second-order valence-corrected chi connectivity index (χ2v) is 3.65. The highest BCUT2D eigenvalue weighted by Gasteiger charge is 2.16. The molecule has 0 heterocycles. The van der Waals surface area contributed by atoms with Crippen molar-refractivity contribution in [3.05, 3.63) is 35.9 Å². The van der Waals surface area contributed by atoms with Crippen molar-refractivity contribution in [2.45, 2.75) is 25.8 Å². The van der Waals surface area contributed by atoms with Crippen molar-refractivity contribution in [1.82, 2.24) is 10.9 Å². The van der Waals surface area contributed by atoms with Gasteiger partial charge in [-0.2, -0.15) is 0 Å². The summed E-state index contributed by atoms with van der Waals surface area (Å²) in [7, 11) is 0. The van der Waals surface area contributed by atoms with Gasteiger partial charge in [0, 0.05) is 6.54 Å². The third-order valence-corrected chi connectivity index (χ3v) is 2.23. The Labute approximate surface area is 95.6 Å². The van der Waals surface area contributed by atoms with Gasteiger partial charge in [-0.15, -0.1) is 0 Å². The normalized spacial score (nSPS) is 12.3. The molecule has 3 N–H and O–H groups in total. The lowest BCUT2D eigenvalue weighted by Gasteiger charge is -2.14. The molecule has 88 valence electrons. The third kappa shape index (κ3) is 4.42. The van der Waals surface area contributed by atoms with Crippen molar-refractivity contribution >= 4 is 5.97 Å². The van der Waals surface area contributed by atoms with Crippen LogP contribution in [0.3, 0.4) is 0 Å². The predicted molar refractivity (Wildman–Crippen MR) is 63.0 cm³/mol. The van der Waals surface area contributed by atoms with E-state index in [4.69, 9.17) is 5.11 Å². The van der Waals surface area contributed by atoms with Gasteiger partial charge in [0.25, 0.3) is 0 Å². The van der Waals surface area contributed by atoms with E-state index < -0.39 is 12.0 Å². The van der Waals surface area contributed by atoms with Gasteiger partial charge >= 0.3 is 5.97 Å². The molecule has 0 saturated heterocycles. The lowest BCUT2D eigenvalue weighted by atomic mass is 10.1. The minimum absolute atomic E-state index is 0.479. The van der Waals surface area contributed by atoms with Crippen LogP contribution in [0.15, 0.2) is 30.3 Å². The third-order valence-electron chi connectivity index (χ3n) is 2.23. The van der Waals surface area contributed by atoms with Gasteiger partial charge in [-0.05, 0) is 18.4 Å². The van der Waals surface area contributed by atoms with Gasteiger partial charge in [0.15, 0.2) is 0 Å². The second-order valence-electron chi connectivity index (χ2n) is 3.65. The fraction of sp³-hybridized carbons (Fsp3) is 0.417. The number of carbonyl (C=O) groups is 1. The quantitative estimate of drug-likeness (QED) is 0.479. The summed E-state index contributed by atoms with van der Waals surface area (Å²) in [6.07, 6.45) is 1.44. The number of hydrazine groups is 1. The number of hydrogen-bond donors (Lipinski definition) is 3. The van der Waals surface area contributed by atoms with Crippen LogP contribution in [-0.4, -0.2) is 23.7 Å². The highest BCUT2D eigenvalue weighted by atomic mass is 16.4. The number of nitrogens with one attached hydrogen (secondary N) is 2. The minimum Gasteiger partial charge on any atom is -0.480 e. The van der Waals surface area contributed by atoms with E-state index in [0.717, 1.165) is 18.5 Å². The Morgan fingerprint density at radius 1 is 1.38 bits per heavy atom. The first-order valence-electron chi connectivity index (χ1n) is 5.49. The average Bonchev–Trinajstić information content (AvgIpc) is 2.29. The van der Waals surface area contributed by atoms with Crippen LogP contribution in [0.25, 0.3) is 0 Å². The van der Waals surface area contributed by atoms with E-state index in [1.807, 2.05) is 37.3 Å². The van der Waals surface area contributed by atoms with Gasteiger partial charge in [0.2, 0.25) is 0 Å². The first-order chi connectivity index (χ1) is 7.74. The number of hydrogen-bond acceptors (Lipinski definition) is 3. The maximum Gasteiger partial charge on any atom is 0.322 e. The first kappa shape index (κ1) is 12.7. The van der Waals surface area contributed by atoms with Crippen LogP contribution in [0.1, 0.15) is 18.9 Å². The molecule has 0 bridgehead atoms. The molecule has 0 amide bonds. The Hall–Kier alpha value is -1.39. The van der Waals surface area contributed by atoms with Crippen LogP contribution >= 0.6 is 0 Å². The van der Waals surface area contributed by atoms with Gasteiger partial charge in [-0.25, -0.2) is 5.43 Å². The summed E-state index contributed by atoms with van der Waals surface area (Å²) < 4.78 is 0. The van der Waals surface area contributed by atoms with Gasteiger partial charge in [-0.3, -0.25) is 10.2 Å². The summed E-state index contributed by atoms with van der Waals surface area (Å²) in [5, 5.41) is 9.03. The molecule has 0 fully saturated rings. The van der Waals surface area contributed by atoms with Crippen LogP contribution in [-0.2, 0) is 11.2 Å². The number of carboxylic acid groups (broad SMARTS) is 1. The maximum atomic E-state index is 11.0. The number of rotatable bonds is 7. The molecular weight excluding hydrogens is 204 g/mol. The Bertz CT molecular complexity index is 314. The Kier molecular flexibility index (Phi) is 5.53. The fourth-order valence-electron chi connectivity index (χ4n) is 1.37. The summed E-state index contributed by atoms with van der Waals surface area (Å²) in [6, 6.07) is 9.01. The largest absolute Gasteiger partial charge is 0.480 e. The number of aliphatic carboxylic acids is 1. The van der Waals surface area contributed by atoms with E-state index in [2.05, 4.69) is 10.9 Å². The minimum atomic E-state index is -0.840. The van der Waals surface area contributed by atoms with Crippen molar-refractivity contribution < 1.29 is 9.90 Å². The molecular formula is C12H18N2O2. The zero-order valence-corrected chi connectivity index (χ0v) is 9.44. The Morgan fingerprint density at radius 2 is 2.06 bits per heavy atom. The van der Waals surface area contributed by atoms with Crippen molar-refractivity contribution in [1.29, 1.82) is 0 Å². The molecule has 0 aliphatic heterocycles. The summed E-state index contributed by atoms with van der Waals surface area (Å²) in [5.41, 5.74) is 6.74. The fourth-order valence-corrected chi connectivity index (χ4v) is 1.37.